The van der Waals surface area contributed by atoms with E-state index >= 15 is 0 Å². The summed E-state index contributed by atoms with van der Waals surface area (Å²) in [6, 6.07) is 17.5. The van der Waals surface area contributed by atoms with Crippen molar-refractivity contribution >= 4 is 0 Å². The van der Waals surface area contributed by atoms with Gasteiger partial charge in [-0.3, -0.25) is 0 Å². The molecule has 2 aromatic rings. The summed E-state index contributed by atoms with van der Waals surface area (Å²) < 4.78 is 12.7. The topological polar surface area (TPSA) is 81.5 Å². The van der Waals surface area contributed by atoms with E-state index in [1.165, 1.54) is 152 Å². The average molecular weight is 614 g/mol. The number of rotatable bonds is 6. The van der Waals surface area contributed by atoms with Crippen LogP contribution in [-0.4, -0.2) is 11.0 Å². The molecular weight excluding hydrogens is 555 g/mol. The fourth-order valence-corrected chi connectivity index (χ4v) is 7.40. The van der Waals surface area contributed by atoms with Crippen molar-refractivity contribution in [3.63, 3.8) is 0 Å². The fourth-order valence-electron chi connectivity index (χ4n) is 6.78. The maximum absolute atomic E-state index is 6.37. The van der Waals surface area contributed by atoms with Gasteiger partial charge in [0, 0.05) is 0 Å². The van der Waals surface area contributed by atoms with Crippen molar-refractivity contribution in [2.45, 2.75) is 153 Å². The Kier molecular flexibility index (Phi) is 19.2. The summed E-state index contributed by atoms with van der Waals surface area (Å²) in [4.78, 5) is 0. The van der Waals surface area contributed by atoms with Crippen LogP contribution in [-0.2, 0) is 15.3 Å². The van der Waals surface area contributed by atoms with E-state index in [0.717, 1.165) is 11.5 Å². The van der Waals surface area contributed by atoms with Crippen molar-refractivity contribution in [1.29, 1.82) is 0 Å². The Labute approximate surface area is 257 Å². The number of hydrogen-bond acceptors (Lipinski definition) is 2. The summed E-state index contributed by atoms with van der Waals surface area (Å²) in [6.45, 7) is 0. The minimum atomic E-state index is 0. The molecule has 235 valence electrons. The van der Waals surface area contributed by atoms with Crippen molar-refractivity contribution in [1.82, 2.24) is 0 Å². The summed E-state index contributed by atoms with van der Waals surface area (Å²) in [5.41, 5.74) is 2.77. The third kappa shape index (κ3) is 13.1. The predicted molar refractivity (Wildman–Crippen MR) is 168 cm³/mol. The Bertz CT molecular complexity index is 822. The van der Waals surface area contributed by atoms with E-state index in [4.69, 9.17) is 7.70 Å². The zero-order valence-electron chi connectivity index (χ0n) is 25.5. The van der Waals surface area contributed by atoms with Crippen LogP contribution in [0.15, 0.2) is 48.5 Å². The molecule has 4 rings (SSSR count). The van der Waals surface area contributed by atoms with Crippen LogP contribution >= 0.6 is 0 Å². The van der Waals surface area contributed by atoms with Gasteiger partial charge in [0.1, 0.15) is 0 Å². The summed E-state index contributed by atoms with van der Waals surface area (Å²) in [6.07, 6.45) is 30.1. The number of para-hydroxylation sites is 2. The molecule has 5 heteroatoms. The van der Waals surface area contributed by atoms with E-state index in [-0.39, 0.29) is 11.0 Å². The Balaban J connectivity index is 0.00000294. The van der Waals surface area contributed by atoms with E-state index in [9.17, 15) is 0 Å². The molecule has 0 aliphatic heterocycles. The maximum atomic E-state index is 6.37. The Morgan fingerprint density at radius 2 is 0.659 bits per heavy atom. The third-order valence-electron chi connectivity index (χ3n) is 9.13. The summed E-state index contributed by atoms with van der Waals surface area (Å²) >= 11 is 0.614. The van der Waals surface area contributed by atoms with Crippen molar-refractivity contribution in [3.05, 3.63) is 59.7 Å². The quantitative estimate of drug-likeness (QED) is 0.325. The van der Waals surface area contributed by atoms with E-state index in [2.05, 4.69) is 48.5 Å². The second-order valence-electron chi connectivity index (χ2n) is 12.2. The van der Waals surface area contributed by atoms with Gasteiger partial charge in [0.15, 0.2) is 0 Å². The number of benzene rings is 2. The van der Waals surface area contributed by atoms with E-state index in [0.29, 0.717) is 27.2 Å². The van der Waals surface area contributed by atoms with Crippen LogP contribution in [0.5, 0.6) is 11.5 Å². The van der Waals surface area contributed by atoms with Crippen LogP contribution in [0.1, 0.15) is 164 Å². The molecule has 2 fully saturated rings. The Hall–Kier alpha value is -1.53. The molecule has 2 aromatic carbocycles. The summed E-state index contributed by atoms with van der Waals surface area (Å²) in [5.74, 6) is 3.22. The van der Waals surface area contributed by atoms with Gasteiger partial charge in [-0.15, -0.1) is 0 Å². The normalized spacial score (nSPS) is 19.6. The Morgan fingerprint density at radius 1 is 0.390 bits per heavy atom. The van der Waals surface area contributed by atoms with Gasteiger partial charge in [-0.25, -0.2) is 0 Å². The molecule has 0 radical (unpaired) electrons. The molecular formula is C36H58CoO4. The molecule has 2 aliphatic carbocycles. The molecule has 0 atom stereocenters. The van der Waals surface area contributed by atoms with Gasteiger partial charge in [0.05, 0.1) is 0 Å². The van der Waals surface area contributed by atoms with Crippen molar-refractivity contribution in [2.24, 2.45) is 0 Å². The first kappa shape index (κ1) is 35.7. The monoisotopic (exact) mass is 613 g/mol. The predicted octanol–water partition coefficient (Wildman–Crippen LogP) is 10.2. The van der Waals surface area contributed by atoms with Gasteiger partial charge in [-0.2, -0.15) is 0 Å². The van der Waals surface area contributed by atoms with Gasteiger partial charge in [-0.05, 0) is 0 Å². The van der Waals surface area contributed by atoms with Gasteiger partial charge >= 0.3 is 247 Å². The van der Waals surface area contributed by atoms with Crippen LogP contribution < -0.4 is 7.70 Å². The second kappa shape index (κ2) is 22.1. The second-order valence-corrected chi connectivity index (χ2v) is 12.8. The Morgan fingerprint density at radius 3 is 0.976 bits per heavy atom. The first-order valence-corrected chi connectivity index (χ1v) is 17.4. The third-order valence-corrected chi connectivity index (χ3v) is 9.76. The van der Waals surface area contributed by atoms with Crippen LogP contribution in [0.4, 0.5) is 0 Å². The zero-order chi connectivity index (χ0) is 26.8. The molecule has 0 amide bonds. The average Bonchev–Trinajstić information content (AvgIpc) is 2.95. The molecule has 0 saturated heterocycles. The van der Waals surface area contributed by atoms with Gasteiger partial charge < -0.3 is 11.0 Å². The molecule has 2 saturated carbocycles. The molecule has 2 aliphatic rings. The van der Waals surface area contributed by atoms with Crippen LogP contribution in [0, 0.1) is 0 Å². The molecule has 0 bridgehead atoms. The first-order valence-electron chi connectivity index (χ1n) is 16.5. The molecule has 0 aromatic heterocycles. The minimum absolute atomic E-state index is 0. The van der Waals surface area contributed by atoms with Crippen LogP contribution in [0.2, 0.25) is 0 Å². The van der Waals surface area contributed by atoms with E-state index < -0.39 is 0 Å². The molecule has 0 heterocycles. The van der Waals surface area contributed by atoms with E-state index in [1.807, 2.05) is 0 Å². The molecule has 41 heavy (non-hydrogen) atoms. The molecule has 4 N–H and O–H groups in total. The molecule has 4 nitrogen and oxygen atoms in total. The first-order chi connectivity index (χ1) is 19.4. The zero-order valence-corrected chi connectivity index (χ0v) is 26.5. The van der Waals surface area contributed by atoms with Crippen molar-refractivity contribution < 1.29 is 34.0 Å². The van der Waals surface area contributed by atoms with Gasteiger partial charge in [0.2, 0.25) is 0 Å². The van der Waals surface area contributed by atoms with Crippen LogP contribution in [0.3, 0.4) is 0 Å². The standard InChI is InChI=1S/2C18H28O.Co.2H2O/c2*19-18-15-11-10-14-17(18)16-12-8-6-4-2-1-3-5-7-9-13-16;;;/h2*10-11,14-16,19H,1-9,12-13H2;;2*1H2/q;;+2;;/p-2. The van der Waals surface area contributed by atoms with Gasteiger partial charge in [0.25, 0.3) is 0 Å². The molecule has 0 spiro atoms. The SMILES string of the molecule is O.O.c1ccc(C2CCCCCCCCCCC2)c([O][Co][O]c2ccccc2C2CCCCCCCCCCC2)c1. The number of hydrogen-bond donors (Lipinski definition) is 0. The summed E-state index contributed by atoms with van der Waals surface area (Å²) in [7, 11) is 0. The van der Waals surface area contributed by atoms with E-state index in [1.54, 1.807) is 0 Å². The van der Waals surface area contributed by atoms with Crippen molar-refractivity contribution in [2.75, 3.05) is 0 Å². The fraction of sp³-hybridized carbons (Fsp3) is 0.667. The summed E-state index contributed by atoms with van der Waals surface area (Å²) in [5, 5.41) is 0. The van der Waals surface area contributed by atoms with Crippen molar-refractivity contribution in [3.8, 4) is 11.5 Å². The van der Waals surface area contributed by atoms with Gasteiger partial charge in [-0.1, -0.05) is 0 Å². The van der Waals surface area contributed by atoms with Crippen LogP contribution in [0.25, 0.3) is 0 Å². The molecule has 0 unspecified atom stereocenters.